The van der Waals surface area contributed by atoms with Crippen LogP contribution in [0.5, 0.6) is 0 Å². The Morgan fingerprint density at radius 2 is 1.07 bits per heavy atom. The van der Waals surface area contributed by atoms with E-state index in [0.717, 1.165) is 32.1 Å². The molecule has 2 nitrogen and oxygen atoms in total. The van der Waals surface area contributed by atoms with Crippen molar-refractivity contribution in [2.75, 3.05) is 13.2 Å². The molecule has 0 heterocycles. The lowest BCUT2D eigenvalue weighted by Crippen LogP contribution is -2.54. The van der Waals surface area contributed by atoms with E-state index in [0.29, 0.717) is 0 Å². The Labute approximate surface area is 170 Å². The predicted octanol–water partition coefficient (Wildman–Crippen LogP) is 7.11. The van der Waals surface area contributed by atoms with E-state index in [9.17, 15) is 0 Å². The molecule has 0 aliphatic carbocycles. The average Bonchev–Trinajstić information content (AvgIpc) is 2.71. The van der Waals surface area contributed by atoms with Gasteiger partial charge in [-0.1, -0.05) is 115 Å². The first-order chi connectivity index (χ1) is 13.3. The monoisotopic (exact) mass is 392 g/mol. The molecule has 0 spiro atoms. The maximum absolute atomic E-state index is 6.47. The van der Waals surface area contributed by atoms with Gasteiger partial charge in [-0.2, -0.15) is 0 Å². The van der Waals surface area contributed by atoms with Crippen LogP contribution in [0, 0.1) is 0 Å². The Kier molecular flexibility index (Phi) is 14.7. The van der Waals surface area contributed by atoms with Crippen molar-refractivity contribution < 1.29 is 8.85 Å². The molecule has 0 unspecified atom stereocenters. The van der Waals surface area contributed by atoms with Crippen LogP contribution in [0.4, 0.5) is 0 Å². The first kappa shape index (κ1) is 24.4. The van der Waals surface area contributed by atoms with E-state index in [1.54, 1.807) is 0 Å². The van der Waals surface area contributed by atoms with Crippen LogP contribution in [0.3, 0.4) is 0 Å². The Morgan fingerprint density at radius 1 is 0.593 bits per heavy atom. The van der Waals surface area contributed by atoms with Crippen LogP contribution >= 0.6 is 0 Å². The summed E-state index contributed by atoms with van der Waals surface area (Å²) >= 11 is 0. The van der Waals surface area contributed by atoms with Gasteiger partial charge in [-0.3, -0.25) is 0 Å². The number of unbranched alkanes of at least 4 members (excludes halogenated alkanes) is 9. The van der Waals surface area contributed by atoms with Gasteiger partial charge in [0, 0.05) is 13.2 Å². The molecule has 0 saturated heterocycles. The molecule has 0 N–H and O–H groups in total. The van der Waals surface area contributed by atoms with Crippen LogP contribution in [0.2, 0.25) is 6.04 Å². The topological polar surface area (TPSA) is 18.5 Å². The van der Waals surface area contributed by atoms with Crippen molar-refractivity contribution >= 4 is 13.7 Å². The first-order valence-electron chi connectivity index (χ1n) is 11.6. The van der Waals surface area contributed by atoms with Gasteiger partial charge in [0.2, 0.25) is 0 Å². The Morgan fingerprint density at radius 3 is 1.56 bits per heavy atom. The van der Waals surface area contributed by atoms with Gasteiger partial charge >= 0.3 is 8.56 Å². The molecule has 27 heavy (non-hydrogen) atoms. The molecule has 0 radical (unpaired) electrons. The van der Waals surface area contributed by atoms with Crippen LogP contribution in [0.15, 0.2) is 30.3 Å². The number of hydrogen-bond donors (Lipinski definition) is 0. The van der Waals surface area contributed by atoms with Gasteiger partial charge < -0.3 is 8.85 Å². The molecular formula is C24H44O2Si. The second-order valence-corrected chi connectivity index (χ2v) is 10.9. The maximum atomic E-state index is 6.47. The molecule has 156 valence electrons. The highest BCUT2D eigenvalue weighted by Crippen LogP contribution is 2.21. The quantitative estimate of drug-likeness (QED) is 0.196. The third-order valence-corrected chi connectivity index (χ3v) is 8.72. The number of hydrogen-bond acceptors (Lipinski definition) is 2. The van der Waals surface area contributed by atoms with Crippen molar-refractivity contribution in [2.45, 2.75) is 104 Å². The van der Waals surface area contributed by atoms with Crippen molar-refractivity contribution in [3.05, 3.63) is 30.3 Å². The molecule has 0 amide bonds. The third-order valence-electron chi connectivity index (χ3n) is 5.15. The zero-order valence-corrected chi connectivity index (χ0v) is 19.3. The van der Waals surface area contributed by atoms with E-state index in [1.807, 2.05) is 0 Å². The smallest absolute Gasteiger partial charge is 0.372 e. The van der Waals surface area contributed by atoms with Crippen molar-refractivity contribution in [3.8, 4) is 0 Å². The SMILES string of the molecule is CCCCCCCCCCCC[Si](OCCC)(OCCC)c1ccccc1. The third kappa shape index (κ3) is 10.5. The molecule has 0 saturated carbocycles. The van der Waals surface area contributed by atoms with Gasteiger partial charge in [-0.05, 0) is 24.1 Å². The highest BCUT2D eigenvalue weighted by atomic mass is 28.4. The summed E-state index contributed by atoms with van der Waals surface area (Å²) < 4.78 is 12.9. The summed E-state index contributed by atoms with van der Waals surface area (Å²) in [5.74, 6) is 0. The molecule has 0 bridgehead atoms. The molecule has 1 aromatic rings. The minimum absolute atomic E-state index is 0.808. The Hall–Kier alpha value is -0.643. The lowest BCUT2D eigenvalue weighted by Gasteiger charge is -2.31. The lowest BCUT2D eigenvalue weighted by molar-refractivity contribution is 0.178. The molecule has 0 aliphatic heterocycles. The van der Waals surface area contributed by atoms with E-state index >= 15 is 0 Å². The van der Waals surface area contributed by atoms with Gasteiger partial charge in [0.1, 0.15) is 0 Å². The van der Waals surface area contributed by atoms with Gasteiger partial charge in [-0.25, -0.2) is 0 Å². The van der Waals surface area contributed by atoms with E-state index < -0.39 is 8.56 Å². The minimum atomic E-state index is -2.30. The van der Waals surface area contributed by atoms with Crippen molar-refractivity contribution in [1.82, 2.24) is 0 Å². The lowest BCUT2D eigenvalue weighted by atomic mass is 10.1. The summed E-state index contributed by atoms with van der Waals surface area (Å²) in [7, 11) is -2.30. The van der Waals surface area contributed by atoms with Gasteiger partial charge in [0.25, 0.3) is 0 Å². The normalized spacial score (nSPS) is 11.8. The fourth-order valence-electron chi connectivity index (χ4n) is 3.57. The number of rotatable bonds is 18. The van der Waals surface area contributed by atoms with E-state index in [-0.39, 0.29) is 0 Å². The summed E-state index contributed by atoms with van der Waals surface area (Å²) in [5.41, 5.74) is 0. The summed E-state index contributed by atoms with van der Waals surface area (Å²) in [5, 5.41) is 1.31. The van der Waals surface area contributed by atoms with E-state index in [2.05, 4.69) is 51.1 Å². The molecule has 3 heteroatoms. The first-order valence-corrected chi connectivity index (χ1v) is 13.6. The zero-order valence-electron chi connectivity index (χ0n) is 18.3. The minimum Gasteiger partial charge on any atom is -0.391 e. The van der Waals surface area contributed by atoms with Gasteiger partial charge in [0.15, 0.2) is 0 Å². The fourth-order valence-corrected chi connectivity index (χ4v) is 7.05. The van der Waals surface area contributed by atoms with Crippen LogP contribution < -0.4 is 5.19 Å². The Balaban J connectivity index is 2.44. The van der Waals surface area contributed by atoms with Crippen LogP contribution in [0.25, 0.3) is 0 Å². The van der Waals surface area contributed by atoms with Gasteiger partial charge in [0.05, 0.1) is 0 Å². The van der Waals surface area contributed by atoms with Crippen molar-refractivity contribution in [1.29, 1.82) is 0 Å². The van der Waals surface area contributed by atoms with Gasteiger partial charge in [-0.15, -0.1) is 0 Å². The van der Waals surface area contributed by atoms with Crippen LogP contribution in [-0.4, -0.2) is 21.8 Å². The Bertz CT molecular complexity index is 427. The molecule has 1 aromatic carbocycles. The zero-order chi connectivity index (χ0) is 19.6. The summed E-state index contributed by atoms with van der Waals surface area (Å²) in [6.45, 7) is 8.27. The van der Waals surface area contributed by atoms with Crippen molar-refractivity contribution in [3.63, 3.8) is 0 Å². The summed E-state index contributed by atoms with van der Waals surface area (Å²) in [4.78, 5) is 0. The number of benzene rings is 1. The standard InChI is InChI=1S/C24H44O2Si/c1-4-7-8-9-10-11-12-13-14-18-23-27(25-21-5-2,26-22-6-3)24-19-16-15-17-20-24/h15-17,19-20H,4-14,18,21-23H2,1-3H3. The predicted molar refractivity (Wildman–Crippen MR) is 121 cm³/mol. The van der Waals surface area contributed by atoms with Crippen LogP contribution in [0.1, 0.15) is 97.8 Å². The molecule has 0 fully saturated rings. The molecule has 1 rings (SSSR count). The van der Waals surface area contributed by atoms with Crippen molar-refractivity contribution in [2.24, 2.45) is 0 Å². The second kappa shape index (κ2) is 16.3. The molecule has 0 aromatic heterocycles. The molecule has 0 atom stereocenters. The largest absolute Gasteiger partial charge is 0.391 e. The second-order valence-electron chi connectivity index (χ2n) is 7.75. The maximum Gasteiger partial charge on any atom is 0.372 e. The summed E-state index contributed by atoms with van der Waals surface area (Å²) in [6.07, 6.45) is 15.8. The van der Waals surface area contributed by atoms with E-state index in [1.165, 1.54) is 69.4 Å². The molecule has 0 aliphatic rings. The highest BCUT2D eigenvalue weighted by molar-refractivity contribution is 6.81. The summed E-state index contributed by atoms with van der Waals surface area (Å²) in [6, 6.07) is 11.9. The van der Waals surface area contributed by atoms with E-state index in [4.69, 9.17) is 8.85 Å². The average molecular weight is 393 g/mol. The highest BCUT2D eigenvalue weighted by Gasteiger charge is 2.39. The van der Waals surface area contributed by atoms with Crippen LogP contribution in [-0.2, 0) is 8.85 Å². The molecular weight excluding hydrogens is 348 g/mol. The fraction of sp³-hybridized carbons (Fsp3) is 0.750.